The van der Waals surface area contributed by atoms with Gasteiger partial charge in [-0.05, 0) is 13.8 Å². The van der Waals surface area contributed by atoms with Crippen LogP contribution in [-0.2, 0) is 14.3 Å². The second-order valence-electron chi connectivity index (χ2n) is 2.47. The zero-order valence-electron chi connectivity index (χ0n) is 6.46. The van der Waals surface area contributed by atoms with Crippen LogP contribution >= 0.6 is 0 Å². The summed E-state index contributed by atoms with van der Waals surface area (Å²) in [6.45, 7) is 3.60. The average Bonchev–Trinajstić information content (AvgIpc) is 2.65. The van der Waals surface area contributed by atoms with E-state index in [-0.39, 0.29) is 0 Å². The van der Waals surface area contributed by atoms with Gasteiger partial charge < -0.3 is 9.47 Å². The van der Waals surface area contributed by atoms with E-state index in [0.717, 1.165) is 0 Å². The summed E-state index contributed by atoms with van der Waals surface area (Å²) in [7, 11) is 0. The molecule has 0 bridgehead atoms. The molecule has 11 heavy (non-hydrogen) atoms. The summed E-state index contributed by atoms with van der Waals surface area (Å²) < 4.78 is 9.48. The first-order chi connectivity index (χ1) is 5.14. The molecule has 4 heteroatoms. The molecule has 0 saturated carbocycles. The molecule has 0 aromatic carbocycles. The lowest BCUT2D eigenvalue weighted by Gasteiger charge is -1.96. The zero-order chi connectivity index (χ0) is 8.48. The quantitative estimate of drug-likeness (QED) is 0.423. The van der Waals surface area contributed by atoms with Gasteiger partial charge in [0, 0.05) is 0 Å². The Labute approximate surface area is 64.7 Å². The summed E-state index contributed by atoms with van der Waals surface area (Å²) >= 11 is 0. The van der Waals surface area contributed by atoms with Crippen molar-refractivity contribution < 1.29 is 14.3 Å². The number of esters is 1. The van der Waals surface area contributed by atoms with E-state index in [1.165, 1.54) is 0 Å². The number of nitriles is 1. The minimum Gasteiger partial charge on any atom is -0.464 e. The van der Waals surface area contributed by atoms with Crippen LogP contribution in [0.15, 0.2) is 0 Å². The Balaban J connectivity index is 2.45. The van der Waals surface area contributed by atoms with Crippen LogP contribution in [0.25, 0.3) is 0 Å². The molecule has 60 valence electrons. The van der Waals surface area contributed by atoms with Gasteiger partial charge in [-0.2, -0.15) is 5.26 Å². The van der Waals surface area contributed by atoms with Crippen LogP contribution in [0.3, 0.4) is 0 Å². The molecular weight excluding hydrogens is 146 g/mol. The number of ether oxygens (including phenoxy) is 2. The minimum absolute atomic E-state index is 0.320. The van der Waals surface area contributed by atoms with Crippen LogP contribution in [0, 0.1) is 11.3 Å². The van der Waals surface area contributed by atoms with Gasteiger partial charge in [-0.25, -0.2) is 4.79 Å². The topological polar surface area (TPSA) is 62.6 Å². The van der Waals surface area contributed by atoms with Crippen molar-refractivity contribution in [1.29, 1.82) is 5.26 Å². The first-order valence-corrected chi connectivity index (χ1v) is 3.39. The molecule has 1 heterocycles. The van der Waals surface area contributed by atoms with Crippen LogP contribution < -0.4 is 0 Å². The Morgan fingerprint density at radius 2 is 2.55 bits per heavy atom. The van der Waals surface area contributed by atoms with Gasteiger partial charge in [-0.1, -0.05) is 0 Å². The number of hydrogen-bond donors (Lipinski definition) is 0. The number of rotatable bonds is 2. The smallest absolute Gasteiger partial charge is 0.339 e. The van der Waals surface area contributed by atoms with Crippen molar-refractivity contribution in [3.05, 3.63) is 0 Å². The molecule has 0 N–H and O–H groups in total. The summed E-state index contributed by atoms with van der Waals surface area (Å²) in [5, 5.41) is 8.47. The molecule has 1 saturated heterocycles. The van der Waals surface area contributed by atoms with Crippen molar-refractivity contribution in [3.8, 4) is 6.07 Å². The number of nitrogens with zero attached hydrogens (tertiary/aromatic N) is 1. The van der Waals surface area contributed by atoms with Crippen molar-refractivity contribution >= 4 is 5.97 Å². The van der Waals surface area contributed by atoms with Gasteiger partial charge in [-0.15, -0.1) is 0 Å². The van der Waals surface area contributed by atoms with Crippen LogP contribution in [-0.4, -0.2) is 24.3 Å². The normalized spacial score (nSPS) is 34.1. The van der Waals surface area contributed by atoms with E-state index in [2.05, 4.69) is 4.74 Å². The first kappa shape index (κ1) is 8.02. The van der Waals surface area contributed by atoms with Crippen LogP contribution in [0.5, 0.6) is 0 Å². The zero-order valence-corrected chi connectivity index (χ0v) is 6.46. The lowest BCUT2D eigenvalue weighted by molar-refractivity contribution is -0.144. The number of carbonyl (C=O) groups excluding carboxylic acids is 1. The molecule has 1 aliphatic heterocycles. The van der Waals surface area contributed by atoms with Crippen molar-refractivity contribution in [3.63, 3.8) is 0 Å². The molecule has 1 fully saturated rings. The summed E-state index contributed by atoms with van der Waals surface area (Å²) in [5.74, 6) is -0.448. The van der Waals surface area contributed by atoms with E-state index in [0.29, 0.717) is 6.61 Å². The fourth-order valence-corrected chi connectivity index (χ4v) is 0.787. The van der Waals surface area contributed by atoms with Crippen LogP contribution in [0.2, 0.25) is 0 Å². The molecule has 1 aliphatic rings. The number of epoxide rings is 1. The van der Waals surface area contributed by atoms with E-state index >= 15 is 0 Å². The molecule has 0 radical (unpaired) electrons. The van der Waals surface area contributed by atoms with Crippen molar-refractivity contribution in [2.75, 3.05) is 6.61 Å². The third-order valence-electron chi connectivity index (χ3n) is 1.53. The van der Waals surface area contributed by atoms with Crippen LogP contribution in [0.1, 0.15) is 13.8 Å². The van der Waals surface area contributed by atoms with E-state index in [1.54, 1.807) is 13.8 Å². The molecule has 0 aliphatic carbocycles. The first-order valence-electron chi connectivity index (χ1n) is 3.39. The Kier molecular flexibility index (Phi) is 1.83. The lowest BCUT2D eigenvalue weighted by Crippen LogP contribution is -2.18. The van der Waals surface area contributed by atoms with Gasteiger partial charge >= 0.3 is 5.97 Å². The molecule has 1 rings (SSSR count). The molecule has 0 amide bonds. The third-order valence-corrected chi connectivity index (χ3v) is 1.53. The molecule has 0 aromatic heterocycles. The highest BCUT2D eigenvalue weighted by atomic mass is 16.7. The predicted octanol–water partition coefficient (Wildman–Crippen LogP) is 0.231. The predicted molar refractivity (Wildman–Crippen MR) is 35.5 cm³/mol. The van der Waals surface area contributed by atoms with E-state index in [9.17, 15) is 4.79 Å². The molecule has 0 aromatic rings. The minimum atomic E-state index is -0.938. The van der Waals surface area contributed by atoms with Crippen molar-refractivity contribution in [2.24, 2.45) is 0 Å². The summed E-state index contributed by atoms with van der Waals surface area (Å²) in [4.78, 5) is 10.9. The highest BCUT2D eigenvalue weighted by Crippen LogP contribution is 2.35. The maximum atomic E-state index is 10.9. The Morgan fingerprint density at radius 1 is 1.91 bits per heavy atom. The SMILES string of the molecule is CCOC(=O)C1OC1(C)C#N. The van der Waals surface area contributed by atoms with Gasteiger partial charge in [0.25, 0.3) is 0 Å². The summed E-state index contributed by atoms with van der Waals surface area (Å²) in [6, 6.07) is 1.88. The van der Waals surface area contributed by atoms with Gasteiger partial charge in [0.2, 0.25) is 0 Å². The van der Waals surface area contributed by atoms with E-state index in [1.807, 2.05) is 6.07 Å². The molecule has 0 spiro atoms. The maximum absolute atomic E-state index is 10.9. The van der Waals surface area contributed by atoms with Gasteiger partial charge in [-0.3, -0.25) is 0 Å². The Bertz CT molecular complexity index is 220. The fourth-order valence-electron chi connectivity index (χ4n) is 0.787. The van der Waals surface area contributed by atoms with Crippen LogP contribution in [0.4, 0.5) is 0 Å². The largest absolute Gasteiger partial charge is 0.464 e. The summed E-state index contributed by atoms with van der Waals surface area (Å²) in [6.07, 6.45) is -0.674. The van der Waals surface area contributed by atoms with Crippen molar-refractivity contribution in [1.82, 2.24) is 0 Å². The number of carbonyl (C=O) groups is 1. The average molecular weight is 155 g/mol. The van der Waals surface area contributed by atoms with Crippen molar-refractivity contribution in [2.45, 2.75) is 25.6 Å². The Hall–Kier alpha value is -1.08. The standard InChI is InChI=1S/C7H9NO3/c1-3-10-6(9)5-7(2,4-8)11-5/h5H,3H2,1-2H3. The van der Waals surface area contributed by atoms with E-state index < -0.39 is 17.7 Å². The monoisotopic (exact) mass is 155 g/mol. The maximum Gasteiger partial charge on any atom is 0.339 e. The molecular formula is C7H9NO3. The second-order valence-corrected chi connectivity index (χ2v) is 2.47. The number of hydrogen-bond acceptors (Lipinski definition) is 4. The molecule has 2 unspecified atom stereocenters. The lowest BCUT2D eigenvalue weighted by atomic mass is 10.1. The van der Waals surface area contributed by atoms with Gasteiger partial charge in [0.05, 0.1) is 6.61 Å². The molecule has 4 nitrogen and oxygen atoms in total. The van der Waals surface area contributed by atoms with Gasteiger partial charge in [0.1, 0.15) is 6.07 Å². The van der Waals surface area contributed by atoms with Gasteiger partial charge in [0.15, 0.2) is 11.7 Å². The third kappa shape index (κ3) is 1.33. The second kappa shape index (κ2) is 2.51. The fraction of sp³-hybridized carbons (Fsp3) is 0.714. The highest BCUT2D eigenvalue weighted by molar-refractivity contribution is 5.80. The molecule has 2 atom stereocenters. The Morgan fingerprint density at radius 3 is 2.91 bits per heavy atom. The van der Waals surface area contributed by atoms with E-state index in [4.69, 9.17) is 10.00 Å². The summed E-state index contributed by atoms with van der Waals surface area (Å²) in [5.41, 5.74) is -0.938. The highest BCUT2D eigenvalue weighted by Gasteiger charge is 2.59.